The van der Waals surface area contributed by atoms with Crippen molar-refractivity contribution in [1.29, 1.82) is 0 Å². The number of aryl methyl sites for hydroxylation is 2. The molecule has 1 amide bonds. The van der Waals surface area contributed by atoms with Crippen LogP contribution in [0.1, 0.15) is 36.1 Å². The number of hydrogen-bond donors (Lipinski definition) is 1. The lowest BCUT2D eigenvalue weighted by Crippen LogP contribution is -2.51. The number of benzene rings is 2. The first-order chi connectivity index (χ1) is 18.9. The summed E-state index contributed by atoms with van der Waals surface area (Å²) in [4.78, 5) is 27.1. The largest absolute Gasteiger partial charge is 0.494 e. The van der Waals surface area contributed by atoms with Gasteiger partial charge in [0.1, 0.15) is 23.3 Å². The third-order valence-corrected chi connectivity index (χ3v) is 7.71. The number of methoxy groups -OCH3 is 1. The first-order valence-corrected chi connectivity index (χ1v) is 13.2. The molecule has 200 valence electrons. The smallest absolute Gasteiger partial charge is 0.250 e. The summed E-state index contributed by atoms with van der Waals surface area (Å²) in [6.07, 6.45) is 5.48. The predicted molar refractivity (Wildman–Crippen MR) is 150 cm³/mol. The Morgan fingerprint density at radius 1 is 1.13 bits per heavy atom. The Bertz CT molecular complexity index is 1550. The lowest BCUT2D eigenvalue weighted by Gasteiger charge is -2.39. The normalized spacial score (nSPS) is 18.2. The van der Waals surface area contributed by atoms with Gasteiger partial charge in [-0.1, -0.05) is 19.1 Å². The zero-order valence-corrected chi connectivity index (χ0v) is 22.5. The quantitative estimate of drug-likeness (QED) is 0.364. The highest BCUT2D eigenvalue weighted by atomic mass is 19.1. The molecule has 2 aliphatic rings. The molecule has 0 spiro atoms. The van der Waals surface area contributed by atoms with E-state index in [0.29, 0.717) is 18.9 Å². The summed E-state index contributed by atoms with van der Waals surface area (Å²) in [6.45, 7) is 4.76. The Hall–Kier alpha value is -4.40. The van der Waals surface area contributed by atoms with Gasteiger partial charge in [0, 0.05) is 43.7 Å². The molecule has 9 heteroatoms. The number of amides is 1. The van der Waals surface area contributed by atoms with Crippen LogP contribution >= 0.6 is 0 Å². The van der Waals surface area contributed by atoms with Crippen molar-refractivity contribution in [3.8, 4) is 11.4 Å². The van der Waals surface area contributed by atoms with Crippen LogP contribution in [0.5, 0.6) is 5.75 Å². The fraction of sp³-hybridized carbons (Fsp3) is 0.300. The van der Waals surface area contributed by atoms with Crippen LogP contribution in [0.2, 0.25) is 0 Å². The molecule has 2 aromatic heterocycles. The molecule has 6 rings (SSSR count). The van der Waals surface area contributed by atoms with Crippen LogP contribution in [-0.4, -0.2) is 47.2 Å². The van der Waals surface area contributed by atoms with Crippen LogP contribution in [0.3, 0.4) is 0 Å². The second-order valence-corrected chi connectivity index (χ2v) is 10.1. The Morgan fingerprint density at radius 3 is 2.62 bits per heavy atom. The molecule has 0 unspecified atom stereocenters. The highest BCUT2D eigenvalue weighted by Crippen LogP contribution is 2.45. The maximum Gasteiger partial charge on any atom is 0.250 e. The number of aromatic nitrogens is 3. The van der Waals surface area contributed by atoms with Gasteiger partial charge in [0.05, 0.1) is 18.5 Å². The highest BCUT2D eigenvalue weighted by molar-refractivity contribution is 6.06. The minimum atomic E-state index is -0.398. The molecular formula is C30H31FN6O2. The highest BCUT2D eigenvalue weighted by Gasteiger charge is 2.47. The molecule has 0 radical (unpaired) electrons. The summed E-state index contributed by atoms with van der Waals surface area (Å²) >= 11 is 0. The Balaban J connectivity index is 1.36. The van der Waals surface area contributed by atoms with E-state index in [9.17, 15) is 9.18 Å². The fourth-order valence-electron chi connectivity index (χ4n) is 5.79. The van der Waals surface area contributed by atoms with Gasteiger partial charge in [-0.15, -0.1) is 0 Å². The first kappa shape index (κ1) is 24.9. The predicted octanol–water partition coefficient (Wildman–Crippen LogP) is 5.37. The van der Waals surface area contributed by atoms with E-state index in [0.717, 1.165) is 46.3 Å². The molecular weight excluding hydrogens is 495 g/mol. The van der Waals surface area contributed by atoms with Crippen molar-refractivity contribution in [3.05, 3.63) is 83.6 Å². The summed E-state index contributed by atoms with van der Waals surface area (Å²) in [5, 5.41) is 3.36. The maximum absolute atomic E-state index is 13.6. The third-order valence-electron chi connectivity index (χ3n) is 7.71. The first-order valence-electron chi connectivity index (χ1n) is 13.2. The number of rotatable bonds is 6. The topological polar surface area (TPSA) is 75.5 Å². The van der Waals surface area contributed by atoms with Crippen LogP contribution < -0.4 is 19.9 Å². The maximum atomic E-state index is 13.6. The molecule has 2 aromatic carbocycles. The van der Waals surface area contributed by atoms with Crippen LogP contribution in [-0.2, 0) is 11.2 Å². The Kier molecular flexibility index (Phi) is 6.21. The van der Waals surface area contributed by atoms with E-state index in [1.54, 1.807) is 31.2 Å². The molecule has 0 saturated carbocycles. The average Bonchev–Trinajstić information content (AvgIpc) is 3.58. The zero-order valence-electron chi connectivity index (χ0n) is 22.5. The van der Waals surface area contributed by atoms with Gasteiger partial charge in [0.15, 0.2) is 5.82 Å². The summed E-state index contributed by atoms with van der Waals surface area (Å²) < 4.78 is 21.3. The van der Waals surface area contributed by atoms with Crippen molar-refractivity contribution < 1.29 is 13.9 Å². The minimum Gasteiger partial charge on any atom is -0.494 e. The second kappa shape index (κ2) is 9.72. The summed E-state index contributed by atoms with van der Waals surface area (Å²) in [5.41, 5.74) is 5.40. The van der Waals surface area contributed by atoms with Crippen molar-refractivity contribution in [3.63, 3.8) is 0 Å². The number of carbonyl (C=O) groups excluding carboxylic acids is 1. The van der Waals surface area contributed by atoms with E-state index < -0.39 is 6.04 Å². The average molecular weight is 527 g/mol. The monoisotopic (exact) mass is 526 g/mol. The number of carbonyl (C=O) groups is 1. The van der Waals surface area contributed by atoms with Crippen LogP contribution in [0.15, 0.2) is 60.9 Å². The summed E-state index contributed by atoms with van der Waals surface area (Å²) in [7, 11) is 3.45. The zero-order chi connectivity index (χ0) is 27.3. The third kappa shape index (κ3) is 4.27. The molecule has 0 aliphatic carbocycles. The van der Waals surface area contributed by atoms with Crippen molar-refractivity contribution in [2.24, 2.45) is 0 Å². The number of nitrogens with zero attached hydrogens (tertiary/aromatic N) is 5. The Labute approximate surface area is 227 Å². The van der Waals surface area contributed by atoms with Crippen LogP contribution in [0.25, 0.3) is 5.69 Å². The SMILES string of the molecule is CCc1nc(Nc2ccc(-n3ccc(C)c3)c(OC)c2)nc2c1N(C)C(=O)[C@H]1[C@H](c3ccc(F)cc3)CCN21. The lowest BCUT2D eigenvalue weighted by atomic mass is 9.90. The van der Waals surface area contributed by atoms with Gasteiger partial charge in [0.2, 0.25) is 11.9 Å². The number of halogens is 1. The summed E-state index contributed by atoms with van der Waals surface area (Å²) in [5.74, 6) is 1.61. The molecule has 8 nitrogen and oxygen atoms in total. The van der Waals surface area contributed by atoms with Gasteiger partial charge in [-0.05, 0) is 61.2 Å². The number of fused-ring (bicyclic) bond motifs is 3. The van der Waals surface area contributed by atoms with Gasteiger partial charge < -0.3 is 24.4 Å². The van der Waals surface area contributed by atoms with Gasteiger partial charge >= 0.3 is 0 Å². The number of likely N-dealkylation sites (N-methyl/N-ethyl adjacent to an activating group) is 1. The molecule has 0 bridgehead atoms. The molecule has 2 aliphatic heterocycles. The second-order valence-electron chi connectivity index (χ2n) is 10.1. The van der Waals surface area contributed by atoms with E-state index in [4.69, 9.17) is 14.7 Å². The molecule has 4 heterocycles. The standard InChI is InChI=1S/C30H31FN6O2/c1-5-23-27-28(37-15-13-22(26(37)29(38)35(27)3)19-6-8-20(31)9-7-19)34-30(33-23)32-21-10-11-24(25(16-21)39-4)36-14-12-18(2)17-36/h6-12,14,16-17,22,26H,5,13,15H2,1-4H3,(H,32,33,34)/t22-,26+/m0/s1. The number of hydrogen-bond acceptors (Lipinski definition) is 6. The van der Waals surface area contributed by atoms with Gasteiger partial charge in [-0.25, -0.2) is 9.37 Å². The molecule has 1 N–H and O–H groups in total. The molecule has 1 fully saturated rings. The Morgan fingerprint density at radius 2 is 1.92 bits per heavy atom. The molecule has 1 saturated heterocycles. The number of anilines is 4. The van der Waals surface area contributed by atoms with Gasteiger partial charge in [0.25, 0.3) is 0 Å². The van der Waals surface area contributed by atoms with Crippen molar-refractivity contribution in [2.45, 2.75) is 38.6 Å². The van der Waals surface area contributed by atoms with Crippen molar-refractivity contribution in [1.82, 2.24) is 14.5 Å². The van der Waals surface area contributed by atoms with E-state index in [-0.39, 0.29) is 17.6 Å². The van der Waals surface area contributed by atoms with Gasteiger partial charge in [-0.3, -0.25) is 4.79 Å². The number of ether oxygens (including phenoxy) is 1. The molecule has 2 atom stereocenters. The van der Waals surface area contributed by atoms with E-state index in [1.807, 2.05) is 42.0 Å². The van der Waals surface area contributed by atoms with Gasteiger partial charge in [-0.2, -0.15) is 4.98 Å². The fourth-order valence-corrected chi connectivity index (χ4v) is 5.79. The number of nitrogens with one attached hydrogen (secondary N) is 1. The van der Waals surface area contributed by atoms with Crippen LogP contribution in [0, 0.1) is 12.7 Å². The van der Waals surface area contributed by atoms with E-state index in [2.05, 4.69) is 23.3 Å². The van der Waals surface area contributed by atoms with E-state index in [1.165, 1.54) is 17.7 Å². The van der Waals surface area contributed by atoms with Crippen LogP contribution in [0.4, 0.5) is 27.5 Å². The molecule has 4 aromatic rings. The van der Waals surface area contributed by atoms with E-state index >= 15 is 0 Å². The minimum absolute atomic E-state index is 0.00825. The van der Waals surface area contributed by atoms with Crippen molar-refractivity contribution in [2.75, 3.05) is 35.8 Å². The lowest BCUT2D eigenvalue weighted by molar-refractivity contribution is -0.120. The van der Waals surface area contributed by atoms with Crippen molar-refractivity contribution >= 4 is 29.0 Å². The molecule has 39 heavy (non-hydrogen) atoms. The summed E-state index contributed by atoms with van der Waals surface area (Å²) in [6, 6.07) is 14.0.